The summed E-state index contributed by atoms with van der Waals surface area (Å²) in [5.74, 6) is -1.79. The molecule has 4 nitrogen and oxygen atoms in total. The van der Waals surface area contributed by atoms with Crippen molar-refractivity contribution in [1.29, 1.82) is 0 Å². The maximum absolute atomic E-state index is 13.2. The van der Waals surface area contributed by atoms with Crippen molar-refractivity contribution in [2.75, 3.05) is 0 Å². The Labute approximate surface area is 114 Å². The first-order valence-corrected chi connectivity index (χ1v) is 6.21. The molecule has 1 aromatic carbocycles. The summed E-state index contributed by atoms with van der Waals surface area (Å²) in [7, 11) is 0. The van der Waals surface area contributed by atoms with Gasteiger partial charge in [-0.05, 0) is 37.5 Å². The van der Waals surface area contributed by atoms with E-state index in [1.54, 1.807) is 0 Å². The third-order valence-electron chi connectivity index (χ3n) is 3.47. The molecular formula is C13H13ClFNO3. The number of amides is 1. The first-order valence-electron chi connectivity index (χ1n) is 5.84. The van der Waals surface area contributed by atoms with Crippen LogP contribution in [0.5, 0.6) is 0 Å². The van der Waals surface area contributed by atoms with E-state index in [1.165, 1.54) is 24.0 Å². The number of hydrogen-bond acceptors (Lipinski definition) is 2. The lowest BCUT2D eigenvalue weighted by Gasteiger charge is -2.36. The summed E-state index contributed by atoms with van der Waals surface area (Å²) in [6.07, 6.45) is 2.08. The molecule has 1 aromatic rings. The van der Waals surface area contributed by atoms with Crippen molar-refractivity contribution in [3.63, 3.8) is 0 Å². The fourth-order valence-electron chi connectivity index (χ4n) is 2.09. The van der Waals surface area contributed by atoms with E-state index in [1.807, 2.05) is 0 Å². The maximum atomic E-state index is 13.2. The summed E-state index contributed by atoms with van der Waals surface area (Å²) in [5, 5.41) is 9.33. The highest BCUT2D eigenvalue weighted by molar-refractivity contribution is 6.30. The molecule has 0 aromatic heterocycles. The average molecular weight is 286 g/mol. The molecule has 1 atom stereocenters. The van der Waals surface area contributed by atoms with Crippen LogP contribution in [0.25, 0.3) is 0 Å². The number of nitrogens with zero attached hydrogens (tertiary/aromatic N) is 1. The Balaban J connectivity index is 2.51. The second kappa shape index (κ2) is 4.81. The fourth-order valence-corrected chi connectivity index (χ4v) is 2.27. The monoisotopic (exact) mass is 285 g/mol. The van der Waals surface area contributed by atoms with Crippen LogP contribution in [-0.2, 0) is 15.1 Å². The minimum absolute atomic E-state index is 0.0811. The lowest BCUT2D eigenvalue weighted by Crippen LogP contribution is -2.50. The van der Waals surface area contributed by atoms with Crippen molar-refractivity contribution in [1.82, 2.24) is 4.90 Å². The van der Waals surface area contributed by atoms with Gasteiger partial charge in [-0.3, -0.25) is 4.79 Å². The molecule has 0 saturated heterocycles. The van der Waals surface area contributed by atoms with Gasteiger partial charge in [0.05, 0.1) is 5.02 Å². The molecule has 1 fully saturated rings. The van der Waals surface area contributed by atoms with Crippen LogP contribution in [0.4, 0.5) is 4.39 Å². The molecule has 2 rings (SSSR count). The number of hydrogen-bond donors (Lipinski definition) is 1. The van der Waals surface area contributed by atoms with Gasteiger partial charge in [0.15, 0.2) is 5.54 Å². The molecule has 0 heterocycles. The first kappa shape index (κ1) is 13.8. The summed E-state index contributed by atoms with van der Waals surface area (Å²) in [5.41, 5.74) is -1.26. The fraction of sp³-hybridized carbons (Fsp3) is 0.385. The van der Waals surface area contributed by atoms with Crippen LogP contribution in [0, 0.1) is 5.82 Å². The summed E-state index contributed by atoms with van der Waals surface area (Å²) in [6.45, 7) is 1.42. The minimum Gasteiger partial charge on any atom is -0.479 e. The van der Waals surface area contributed by atoms with Crippen LogP contribution in [0.15, 0.2) is 18.2 Å². The number of halogens is 2. The van der Waals surface area contributed by atoms with Crippen LogP contribution in [0.1, 0.15) is 25.3 Å². The standard InChI is InChI=1S/C13H13ClFNO3/c1-13(12(18)19,16(7-17)9-3-4-9)8-2-5-11(15)10(14)6-8/h2,5-7,9H,3-4H2,1H3,(H,18,19). The zero-order valence-corrected chi connectivity index (χ0v) is 11.0. The van der Waals surface area contributed by atoms with E-state index in [0.717, 1.165) is 18.9 Å². The van der Waals surface area contributed by atoms with Crippen molar-refractivity contribution in [3.05, 3.63) is 34.6 Å². The van der Waals surface area contributed by atoms with E-state index in [4.69, 9.17) is 11.6 Å². The Bertz CT molecular complexity index is 533. The number of rotatable bonds is 5. The van der Waals surface area contributed by atoms with E-state index in [-0.39, 0.29) is 16.6 Å². The maximum Gasteiger partial charge on any atom is 0.334 e. The minimum atomic E-state index is -1.54. The second-order valence-corrected chi connectivity index (χ2v) is 5.16. The topological polar surface area (TPSA) is 57.6 Å². The molecule has 0 radical (unpaired) electrons. The summed E-state index contributed by atoms with van der Waals surface area (Å²) < 4.78 is 13.2. The Morgan fingerprint density at radius 3 is 2.63 bits per heavy atom. The van der Waals surface area contributed by atoms with Gasteiger partial charge in [-0.2, -0.15) is 0 Å². The van der Waals surface area contributed by atoms with Gasteiger partial charge in [-0.15, -0.1) is 0 Å². The molecule has 1 aliphatic carbocycles. The molecule has 1 N–H and O–H groups in total. The van der Waals surface area contributed by atoms with Crippen LogP contribution < -0.4 is 0 Å². The molecule has 0 spiro atoms. The molecule has 1 unspecified atom stereocenters. The Morgan fingerprint density at radius 1 is 1.58 bits per heavy atom. The molecule has 1 amide bonds. The van der Waals surface area contributed by atoms with Gasteiger partial charge >= 0.3 is 5.97 Å². The van der Waals surface area contributed by atoms with Crippen LogP contribution in [0.2, 0.25) is 5.02 Å². The number of carbonyl (C=O) groups excluding carboxylic acids is 1. The van der Waals surface area contributed by atoms with Gasteiger partial charge in [0.2, 0.25) is 6.41 Å². The highest BCUT2D eigenvalue weighted by Crippen LogP contribution is 2.38. The zero-order valence-electron chi connectivity index (χ0n) is 10.3. The predicted molar refractivity (Wildman–Crippen MR) is 67.3 cm³/mol. The van der Waals surface area contributed by atoms with Crippen molar-refractivity contribution in [2.45, 2.75) is 31.3 Å². The Kier molecular flexibility index (Phi) is 3.49. The third kappa shape index (κ3) is 2.30. The summed E-state index contributed by atoms with van der Waals surface area (Å²) in [6, 6.07) is 3.62. The van der Waals surface area contributed by atoms with Crippen molar-refractivity contribution in [3.8, 4) is 0 Å². The zero-order chi connectivity index (χ0) is 14.2. The van der Waals surface area contributed by atoms with Crippen molar-refractivity contribution < 1.29 is 19.1 Å². The van der Waals surface area contributed by atoms with Gasteiger partial charge in [0.1, 0.15) is 5.82 Å². The molecular weight excluding hydrogens is 273 g/mol. The van der Waals surface area contributed by atoms with Crippen molar-refractivity contribution >= 4 is 24.0 Å². The number of benzene rings is 1. The van der Waals surface area contributed by atoms with Gasteiger partial charge in [-0.25, -0.2) is 9.18 Å². The highest BCUT2D eigenvalue weighted by atomic mass is 35.5. The Hall–Kier alpha value is -1.62. The highest BCUT2D eigenvalue weighted by Gasteiger charge is 2.47. The molecule has 1 saturated carbocycles. The molecule has 0 aliphatic heterocycles. The van der Waals surface area contributed by atoms with E-state index >= 15 is 0 Å². The number of carboxylic acid groups (broad SMARTS) is 1. The lowest BCUT2D eigenvalue weighted by atomic mass is 9.90. The number of carboxylic acids is 1. The summed E-state index contributed by atoms with van der Waals surface area (Å²) in [4.78, 5) is 24.1. The SMILES string of the molecule is CC(C(=O)O)(c1ccc(F)c(Cl)c1)N(C=O)C1CC1. The second-order valence-electron chi connectivity index (χ2n) is 4.75. The van der Waals surface area contributed by atoms with E-state index in [0.29, 0.717) is 6.41 Å². The van der Waals surface area contributed by atoms with Gasteiger partial charge in [0.25, 0.3) is 0 Å². The molecule has 102 valence electrons. The molecule has 0 bridgehead atoms. The van der Waals surface area contributed by atoms with E-state index in [9.17, 15) is 19.1 Å². The molecule has 19 heavy (non-hydrogen) atoms. The quantitative estimate of drug-likeness (QED) is 0.845. The number of aliphatic carboxylic acids is 1. The number of carbonyl (C=O) groups is 2. The molecule has 1 aliphatic rings. The van der Waals surface area contributed by atoms with E-state index < -0.39 is 17.3 Å². The van der Waals surface area contributed by atoms with Crippen LogP contribution in [-0.4, -0.2) is 28.4 Å². The van der Waals surface area contributed by atoms with Gasteiger partial charge in [0, 0.05) is 6.04 Å². The van der Waals surface area contributed by atoms with Crippen LogP contribution >= 0.6 is 11.6 Å². The predicted octanol–water partition coefficient (Wildman–Crippen LogP) is 2.40. The molecule has 6 heteroatoms. The van der Waals surface area contributed by atoms with Gasteiger partial charge in [-0.1, -0.05) is 17.7 Å². The first-order chi connectivity index (χ1) is 8.91. The lowest BCUT2D eigenvalue weighted by molar-refractivity contribution is -0.155. The average Bonchev–Trinajstić information content (AvgIpc) is 3.17. The largest absolute Gasteiger partial charge is 0.479 e. The smallest absolute Gasteiger partial charge is 0.334 e. The van der Waals surface area contributed by atoms with Crippen molar-refractivity contribution in [2.24, 2.45) is 0 Å². The normalized spacial score (nSPS) is 17.6. The summed E-state index contributed by atoms with van der Waals surface area (Å²) >= 11 is 5.69. The van der Waals surface area contributed by atoms with E-state index in [2.05, 4.69) is 0 Å². The third-order valence-corrected chi connectivity index (χ3v) is 3.76. The Morgan fingerprint density at radius 2 is 2.21 bits per heavy atom. The van der Waals surface area contributed by atoms with Gasteiger partial charge < -0.3 is 10.0 Å². The van der Waals surface area contributed by atoms with Crippen LogP contribution in [0.3, 0.4) is 0 Å².